The van der Waals surface area contributed by atoms with E-state index in [0.717, 1.165) is 23.0 Å². The van der Waals surface area contributed by atoms with Crippen LogP contribution in [0.3, 0.4) is 0 Å². The lowest BCUT2D eigenvalue weighted by Gasteiger charge is -2.20. The van der Waals surface area contributed by atoms with Crippen LogP contribution in [0.1, 0.15) is 36.0 Å². The number of hydrogen-bond acceptors (Lipinski definition) is 5. The second kappa shape index (κ2) is 5.30. The van der Waals surface area contributed by atoms with Crippen LogP contribution in [0.15, 0.2) is 0 Å². The molecule has 0 spiro atoms. The molecule has 0 amide bonds. The van der Waals surface area contributed by atoms with Crippen LogP contribution in [0.5, 0.6) is 0 Å². The summed E-state index contributed by atoms with van der Waals surface area (Å²) in [5.74, 6) is 1.91. The molecule has 3 heterocycles. The zero-order valence-corrected chi connectivity index (χ0v) is 13.5. The minimum Gasteiger partial charge on any atom is -0.372 e. The van der Waals surface area contributed by atoms with Gasteiger partial charge in [-0.3, -0.25) is 4.90 Å². The molecule has 20 heavy (non-hydrogen) atoms. The molecule has 1 saturated heterocycles. The molecule has 2 aromatic heterocycles. The number of nitrogens with zero attached hydrogens (tertiary/aromatic N) is 3. The predicted octanol–water partition coefficient (Wildman–Crippen LogP) is 3.33. The molecule has 4 nitrogen and oxygen atoms in total. The van der Waals surface area contributed by atoms with Crippen molar-refractivity contribution >= 4 is 27.4 Å². The van der Waals surface area contributed by atoms with Gasteiger partial charge in [0.25, 0.3) is 0 Å². The Bertz CT molecular complexity index is 634. The highest BCUT2D eigenvalue weighted by Crippen LogP contribution is 2.33. The third-order valence-electron chi connectivity index (χ3n) is 4.35. The molecular formula is C15H22N4S. The van der Waals surface area contributed by atoms with Gasteiger partial charge in [0, 0.05) is 18.0 Å². The SMILES string of the molecule is CNc1nc(CN2CCCC2C)nc2sc(C)c(C)c12. The Hall–Kier alpha value is -1.20. The first-order valence-corrected chi connectivity index (χ1v) is 8.10. The molecule has 1 fully saturated rings. The van der Waals surface area contributed by atoms with Gasteiger partial charge in [-0.25, -0.2) is 9.97 Å². The van der Waals surface area contributed by atoms with Gasteiger partial charge < -0.3 is 5.32 Å². The van der Waals surface area contributed by atoms with E-state index in [9.17, 15) is 0 Å². The first-order chi connectivity index (χ1) is 9.60. The molecule has 5 heteroatoms. The van der Waals surface area contributed by atoms with Crippen molar-refractivity contribution < 1.29 is 0 Å². The molecule has 0 radical (unpaired) electrons. The molecule has 0 aromatic carbocycles. The smallest absolute Gasteiger partial charge is 0.146 e. The number of rotatable bonds is 3. The summed E-state index contributed by atoms with van der Waals surface area (Å²) in [5, 5.41) is 4.43. The molecule has 108 valence electrons. The molecule has 0 saturated carbocycles. The lowest BCUT2D eigenvalue weighted by molar-refractivity contribution is 0.254. The fourth-order valence-electron chi connectivity index (χ4n) is 2.95. The van der Waals surface area contributed by atoms with Crippen molar-refractivity contribution in [1.29, 1.82) is 0 Å². The minimum atomic E-state index is 0.652. The summed E-state index contributed by atoms with van der Waals surface area (Å²) in [4.78, 5) is 14.4. The van der Waals surface area contributed by atoms with E-state index in [2.05, 4.69) is 31.0 Å². The highest BCUT2D eigenvalue weighted by Gasteiger charge is 2.22. The van der Waals surface area contributed by atoms with Crippen LogP contribution in [0, 0.1) is 13.8 Å². The highest BCUT2D eigenvalue weighted by atomic mass is 32.1. The highest BCUT2D eigenvalue weighted by molar-refractivity contribution is 7.18. The first-order valence-electron chi connectivity index (χ1n) is 7.28. The zero-order chi connectivity index (χ0) is 14.3. The molecule has 1 N–H and O–H groups in total. The number of anilines is 1. The van der Waals surface area contributed by atoms with Crippen molar-refractivity contribution in [3.05, 3.63) is 16.3 Å². The van der Waals surface area contributed by atoms with Crippen molar-refractivity contribution in [3.63, 3.8) is 0 Å². The van der Waals surface area contributed by atoms with Crippen molar-refractivity contribution in [2.24, 2.45) is 0 Å². The van der Waals surface area contributed by atoms with Crippen LogP contribution in [-0.4, -0.2) is 34.5 Å². The Kier molecular flexibility index (Phi) is 3.65. The van der Waals surface area contributed by atoms with Gasteiger partial charge in [0.2, 0.25) is 0 Å². The number of fused-ring (bicyclic) bond motifs is 1. The second-order valence-corrected chi connectivity index (χ2v) is 6.87. The maximum absolute atomic E-state index is 4.79. The van der Waals surface area contributed by atoms with Crippen LogP contribution < -0.4 is 5.32 Å². The molecule has 0 aliphatic carbocycles. The monoisotopic (exact) mass is 290 g/mol. The lowest BCUT2D eigenvalue weighted by Crippen LogP contribution is -2.27. The van der Waals surface area contributed by atoms with Gasteiger partial charge >= 0.3 is 0 Å². The van der Waals surface area contributed by atoms with Gasteiger partial charge in [-0.15, -0.1) is 11.3 Å². The Labute approximate surface area is 124 Å². The topological polar surface area (TPSA) is 41.1 Å². The molecule has 1 aliphatic rings. The van der Waals surface area contributed by atoms with Crippen LogP contribution in [0.4, 0.5) is 5.82 Å². The summed E-state index contributed by atoms with van der Waals surface area (Å²) >= 11 is 1.77. The number of hydrogen-bond donors (Lipinski definition) is 1. The summed E-state index contributed by atoms with van der Waals surface area (Å²) in [6.07, 6.45) is 2.58. The molecule has 1 aliphatic heterocycles. The van der Waals surface area contributed by atoms with Crippen LogP contribution in [0.2, 0.25) is 0 Å². The summed E-state index contributed by atoms with van der Waals surface area (Å²) in [6, 6.07) is 0.652. The Morgan fingerprint density at radius 3 is 2.80 bits per heavy atom. The van der Waals surface area contributed by atoms with Crippen LogP contribution in [0.25, 0.3) is 10.2 Å². The Morgan fingerprint density at radius 1 is 1.35 bits per heavy atom. The third-order valence-corrected chi connectivity index (χ3v) is 5.45. The van der Waals surface area contributed by atoms with E-state index in [1.54, 1.807) is 11.3 Å². The minimum absolute atomic E-state index is 0.652. The number of thiophene rings is 1. The molecule has 1 atom stereocenters. The summed E-state index contributed by atoms with van der Waals surface area (Å²) in [7, 11) is 1.94. The van der Waals surface area contributed by atoms with E-state index in [4.69, 9.17) is 9.97 Å². The predicted molar refractivity (Wildman–Crippen MR) is 85.5 cm³/mol. The van der Waals surface area contributed by atoms with Gasteiger partial charge in [0.05, 0.1) is 11.9 Å². The van der Waals surface area contributed by atoms with Crippen molar-refractivity contribution in [2.75, 3.05) is 18.9 Å². The van der Waals surface area contributed by atoms with Gasteiger partial charge in [-0.2, -0.15) is 0 Å². The normalized spacial score (nSPS) is 19.9. The van der Waals surface area contributed by atoms with Gasteiger partial charge in [0.1, 0.15) is 16.5 Å². The first kappa shape index (κ1) is 13.8. The van der Waals surface area contributed by atoms with Gasteiger partial charge in [0.15, 0.2) is 0 Å². The maximum Gasteiger partial charge on any atom is 0.146 e. The molecule has 0 bridgehead atoms. The van der Waals surface area contributed by atoms with E-state index in [-0.39, 0.29) is 0 Å². The summed E-state index contributed by atoms with van der Waals surface area (Å²) in [5.41, 5.74) is 1.30. The van der Waals surface area contributed by atoms with E-state index < -0.39 is 0 Å². The molecule has 3 rings (SSSR count). The van der Waals surface area contributed by atoms with Gasteiger partial charge in [-0.05, 0) is 45.7 Å². The quantitative estimate of drug-likeness (QED) is 0.941. The maximum atomic E-state index is 4.79. The second-order valence-electron chi connectivity index (χ2n) is 5.66. The molecule has 1 unspecified atom stereocenters. The van der Waals surface area contributed by atoms with Crippen molar-refractivity contribution in [3.8, 4) is 0 Å². The average Bonchev–Trinajstić information content (AvgIpc) is 2.94. The third kappa shape index (κ3) is 2.29. The van der Waals surface area contributed by atoms with Crippen LogP contribution >= 0.6 is 11.3 Å². The number of nitrogens with one attached hydrogen (secondary N) is 1. The van der Waals surface area contributed by atoms with E-state index in [1.807, 2.05) is 7.05 Å². The molecule has 2 aromatic rings. The number of likely N-dealkylation sites (tertiary alicyclic amines) is 1. The van der Waals surface area contributed by atoms with Crippen LogP contribution in [-0.2, 0) is 6.54 Å². The zero-order valence-electron chi connectivity index (χ0n) is 12.7. The number of aryl methyl sites for hydroxylation is 2. The van der Waals surface area contributed by atoms with E-state index in [0.29, 0.717) is 6.04 Å². The van der Waals surface area contributed by atoms with E-state index in [1.165, 1.54) is 35.2 Å². The van der Waals surface area contributed by atoms with Crippen molar-refractivity contribution in [1.82, 2.24) is 14.9 Å². The fourth-order valence-corrected chi connectivity index (χ4v) is 4.00. The van der Waals surface area contributed by atoms with Gasteiger partial charge in [-0.1, -0.05) is 0 Å². The number of aromatic nitrogens is 2. The summed E-state index contributed by atoms with van der Waals surface area (Å²) in [6.45, 7) is 8.63. The summed E-state index contributed by atoms with van der Waals surface area (Å²) < 4.78 is 0. The fraction of sp³-hybridized carbons (Fsp3) is 0.600. The Balaban J connectivity index is 2.00. The Morgan fingerprint density at radius 2 is 2.15 bits per heavy atom. The average molecular weight is 290 g/mol. The van der Waals surface area contributed by atoms with E-state index >= 15 is 0 Å². The molecular weight excluding hydrogens is 268 g/mol. The largest absolute Gasteiger partial charge is 0.372 e. The standard InChI is InChI=1S/C15H22N4S/c1-9-6-5-7-19(9)8-12-17-14(16-4)13-10(2)11(3)20-15(13)18-12/h9H,5-8H2,1-4H3,(H,16,17,18). The lowest BCUT2D eigenvalue weighted by atomic mass is 10.2. The van der Waals surface area contributed by atoms with Crippen molar-refractivity contribution in [2.45, 2.75) is 46.2 Å².